The highest BCUT2D eigenvalue weighted by molar-refractivity contribution is 5.67. The highest BCUT2D eigenvalue weighted by Crippen LogP contribution is 2.52. The van der Waals surface area contributed by atoms with Crippen LogP contribution in [0.1, 0.15) is 54.3 Å². The number of benzene rings is 1. The molecule has 22 heavy (non-hydrogen) atoms. The van der Waals surface area contributed by atoms with Gasteiger partial charge < -0.3 is 10.1 Å². The smallest absolute Gasteiger partial charge is 0.120 e. The average Bonchev–Trinajstić information content (AvgIpc) is 2.58. The Morgan fingerprint density at radius 1 is 1.09 bits per heavy atom. The molecule has 0 radical (unpaired) electrons. The highest BCUT2D eigenvalue weighted by atomic mass is 16.5. The van der Waals surface area contributed by atoms with Crippen LogP contribution < -0.4 is 10.1 Å². The van der Waals surface area contributed by atoms with Crippen molar-refractivity contribution in [2.24, 2.45) is 0 Å². The van der Waals surface area contributed by atoms with Crippen molar-refractivity contribution < 1.29 is 4.74 Å². The Morgan fingerprint density at radius 3 is 2.55 bits per heavy atom. The van der Waals surface area contributed by atoms with Gasteiger partial charge in [-0.1, -0.05) is 6.07 Å². The number of nitrogens with one attached hydrogen (secondary N) is 1. The fourth-order valence-corrected chi connectivity index (χ4v) is 4.22. The van der Waals surface area contributed by atoms with E-state index in [9.17, 15) is 0 Å². The Labute approximate surface area is 131 Å². The lowest BCUT2D eigenvalue weighted by molar-refractivity contribution is 0.357. The minimum Gasteiger partial charge on any atom is -0.497 e. The molecule has 0 aliphatic heterocycles. The summed E-state index contributed by atoms with van der Waals surface area (Å²) in [5, 5.41) is 3.58. The first-order chi connectivity index (χ1) is 10.8. The molecule has 1 fully saturated rings. The lowest BCUT2D eigenvalue weighted by Gasteiger charge is -2.40. The van der Waals surface area contributed by atoms with Crippen LogP contribution in [0, 0.1) is 6.92 Å². The first kappa shape index (κ1) is 13.6. The maximum absolute atomic E-state index is 5.32. The zero-order chi connectivity index (χ0) is 15.1. The molecule has 0 atom stereocenters. The standard InChI is InChI=1S/C19H22N2O/c1-12-18-13-6-8-14(9-7-13)19(18)17(11-20-12)21-15-4-3-5-16(10-15)22-2/h3-5,10-11,13-14,21H,6-9H2,1-2H3. The molecule has 0 spiro atoms. The molecular formula is C19H22N2O. The van der Waals surface area contributed by atoms with Crippen LogP contribution in [-0.2, 0) is 0 Å². The highest BCUT2D eigenvalue weighted by Gasteiger charge is 2.36. The van der Waals surface area contributed by atoms with E-state index in [0.717, 1.165) is 17.4 Å². The number of aromatic nitrogens is 1. The molecule has 3 nitrogen and oxygen atoms in total. The molecule has 1 aromatic carbocycles. The van der Waals surface area contributed by atoms with Crippen LogP contribution in [0.15, 0.2) is 30.5 Å². The van der Waals surface area contributed by atoms with Crippen molar-refractivity contribution in [1.29, 1.82) is 0 Å². The van der Waals surface area contributed by atoms with E-state index in [-0.39, 0.29) is 0 Å². The van der Waals surface area contributed by atoms with Crippen molar-refractivity contribution in [2.45, 2.75) is 44.4 Å². The molecule has 3 aliphatic carbocycles. The molecule has 3 aliphatic rings. The van der Waals surface area contributed by atoms with E-state index in [2.05, 4.69) is 23.3 Å². The molecule has 1 saturated carbocycles. The summed E-state index contributed by atoms with van der Waals surface area (Å²) in [5.74, 6) is 2.30. The summed E-state index contributed by atoms with van der Waals surface area (Å²) in [7, 11) is 1.70. The van der Waals surface area contributed by atoms with Crippen LogP contribution in [0.3, 0.4) is 0 Å². The van der Waals surface area contributed by atoms with Crippen molar-refractivity contribution in [3.05, 3.63) is 47.3 Å². The van der Waals surface area contributed by atoms with Crippen LogP contribution in [0.4, 0.5) is 11.4 Å². The second kappa shape index (κ2) is 5.31. The van der Waals surface area contributed by atoms with Gasteiger partial charge in [0.2, 0.25) is 0 Å². The number of nitrogens with zero attached hydrogens (tertiary/aromatic N) is 1. The lowest BCUT2D eigenvalue weighted by atomic mass is 9.66. The molecule has 2 bridgehead atoms. The number of aryl methyl sites for hydroxylation is 1. The number of pyridine rings is 1. The summed E-state index contributed by atoms with van der Waals surface area (Å²) in [6, 6.07) is 8.10. The van der Waals surface area contributed by atoms with Gasteiger partial charge in [0.25, 0.3) is 0 Å². The number of hydrogen-bond donors (Lipinski definition) is 1. The normalized spacial score (nSPS) is 22.3. The summed E-state index contributed by atoms with van der Waals surface area (Å²) in [6.07, 6.45) is 7.34. The average molecular weight is 294 g/mol. The molecule has 1 heterocycles. The van der Waals surface area contributed by atoms with Crippen LogP contribution in [0.5, 0.6) is 5.75 Å². The number of fused-ring (bicyclic) bond motifs is 2. The largest absolute Gasteiger partial charge is 0.497 e. The second-order valence-corrected chi connectivity index (χ2v) is 6.49. The Kier molecular flexibility index (Phi) is 3.29. The number of methoxy groups -OCH3 is 1. The van der Waals surface area contributed by atoms with Crippen LogP contribution in [0.2, 0.25) is 0 Å². The van der Waals surface area contributed by atoms with Crippen LogP contribution >= 0.6 is 0 Å². The zero-order valence-electron chi connectivity index (χ0n) is 13.2. The van der Waals surface area contributed by atoms with Crippen molar-refractivity contribution >= 4 is 11.4 Å². The monoisotopic (exact) mass is 294 g/mol. The van der Waals surface area contributed by atoms with Gasteiger partial charge in [-0.3, -0.25) is 4.98 Å². The van der Waals surface area contributed by atoms with Crippen molar-refractivity contribution in [3.8, 4) is 5.75 Å². The summed E-state index contributed by atoms with van der Waals surface area (Å²) in [4.78, 5) is 4.66. The van der Waals surface area contributed by atoms with E-state index in [4.69, 9.17) is 4.74 Å². The third kappa shape index (κ3) is 2.16. The number of anilines is 2. The summed E-state index contributed by atoms with van der Waals surface area (Å²) in [5.41, 5.74) is 6.52. The van der Waals surface area contributed by atoms with Gasteiger partial charge in [-0.2, -0.15) is 0 Å². The fourth-order valence-electron chi connectivity index (χ4n) is 4.22. The SMILES string of the molecule is COc1cccc(Nc2cnc(C)c3c2C2CCC3CC2)c1. The second-order valence-electron chi connectivity index (χ2n) is 6.49. The molecule has 1 aromatic heterocycles. The van der Waals surface area contributed by atoms with Gasteiger partial charge in [-0.15, -0.1) is 0 Å². The van der Waals surface area contributed by atoms with Gasteiger partial charge in [0.1, 0.15) is 5.75 Å². The third-order valence-corrected chi connectivity index (χ3v) is 5.25. The molecule has 1 N–H and O–H groups in total. The molecule has 3 heteroatoms. The minimum absolute atomic E-state index is 0.704. The van der Waals surface area contributed by atoms with Crippen molar-refractivity contribution in [2.75, 3.05) is 12.4 Å². The maximum atomic E-state index is 5.32. The zero-order valence-corrected chi connectivity index (χ0v) is 13.2. The Balaban J connectivity index is 1.75. The summed E-state index contributed by atoms with van der Waals surface area (Å²) >= 11 is 0. The van der Waals surface area contributed by atoms with Gasteiger partial charge in [0.15, 0.2) is 0 Å². The van der Waals surface area contributed by atoms with E-state index in [1.807, 2.05) is 24.4 Å². The Bertz CT molecular complexity index is 703. The van der Waals surface area contributed by atoms with Gasteiger partial charge in [0.05, 0.1) is 19.0 Å². The quantitative estimate of drug-likeness (QED) is 0.874. The summed E-state index contributed by atoms with van der Waals surface area (Å²) in [6.45, 7) is 2.16. The first-order valence-corrected chi connectivity index (χ1v) is 8.16. The maximum Gasteiger partial charge on any atom is 0.120 e. The summed E-state index contributed by atoms with van der Waals surface area (Å²) < 4.78 is 5.32. The van der Waals surface area contributed by atoms with Gasteiger partial charge in [-0.05, 0) is 67.7 Å². The molecule has 114 valence electrons. The predicted molar refractivity (Wildman–Crippen MR) is 89.2 cm³/mol. The predicted octanol–water partition coefficient (Wildman–Crippen LogP) is 4.90. The Morgan fingerprint density at radius 2 is 1.82 bits per heavy atom. The molecule has 0 saturated heterocycles. The molecule has 0 amide bonds. The van der Waals surface area contributed by atoms with Gasteiger partial charge in [-0.25, -0.2) is 0 Å². The molecule has 2 aromatic rings. The topological polar surface area (TPSA) is 34.1 Å². The number of hydrogen-bond acceptors (Lipinski definition) is 3. The van der Waals surface area contributed by atoms with E-state index < -0.39 is 0 Å². The van der Waals surface area contributed by atoms with Gasteiger partial charge >= 0.3 is 0 Å². The Hall–Kier alpha value is -2.03. The lowest BCUT2D eigenvalue weighted by Crippen LogP contribution is -2.24. The van der Waals surface area contributed by atoms with E-state index in [1.165, 1.54) is 48.2 Å². The number of ether oxygens (including phenoxy) is 1. The van der Waals surface area contributed by atoms with Crippen molar-refractivity contribution in [3.63, 3.8) is 0 Å². The third-order valence-electron chi connectivity index (χ3n) is 5.25. The van der Waals surface area contributed by atoms with Crippen molar-refractivity contribution in [1.82, 2.24) is 4.98 Å². The van der Waals surface area contributed by atoms with Gasteiger partial charge in [0, 0.05) is 17.4 Å². The van der Waals surface area contributed by atoms with E-state index in [0.29, 0.717) is 5.92 Å². The van der Waals surface area contributed by atoms with E-state index in [1.54, 1.807) is 7.11 Å². The fraction of sp³-hybridized carbons (Fsp3) is 0.421. The van der Waals surface area contributed by atoms with Crippen LogP contribution in [0.25, 0.3) is 0 Å². The first-order valence-electron chi connectivity index (χ1n) is 8.16. The molecular weight excluding hydrogens is 272 g/mol. The molecule has 0 unspecified atom stereocenters. The van der Waals surface area contributed by atoms with Crippen LogP contribution in [-0.4, -0.2) is 12.1 Å². The minimum atomic E-state index is 0.704. The molecule has 5 rings (SSSR count). The number of rotatable bonds is 3. The van der Waals surface area contributed by atoms with E-state index >= 15 is 0 Å².